The smallest absolute Gasteiger partial charge is 0.403 e. The maximum absolute atomic E-state index is 13.2. The minimum atomic E-state index is -5.04. The fraction of sp³-hybridized carbons (Fsp3) is 0.125. The molecule has 1 aromatic carbocycles. The number of hydrogen-bond acceptors (Lipinski definition) is 3. The molecule has 4 nitrogen and oxygen atoms in total. The van der Waals surface area contributed by atoms with Gasteiger partial charge in [-0.25, -0.2) is 4.39 Å². The Bertz CT molecular complexity index is 431. The summed E-state index contributed by atoms with van der Waals surface area (Å²) >= 11 is 0. The van der Waals surface area contributed by atoms with Crippen LogP contribution in [-0.4, -0.2) is 12.3 Å². The summed E-state index contributed by atoms with van der Waals surface area (Å²) in [4.78, 5) is 10.7. The van der Waals surface area contributed by atoms with Crippen LogP contribution in [0, 0.1) is 5.82 Å². The van der Waals surface area contributed by atoms with Crippen LogP contribution in [0.1, 0.15) is 10.4 Å². The molecular formula is C8H6F4N2O2. The van der Waals surface area contributed by atoms with Gasteiger partial charge in [0.05, 0.1) is 11.3 Å². The van der Waals surface area contributed by atoms with E-state index in [9.17, 15) is 22.4 Å². The van der Waals surface area contributed by atoms with Gasteiger partial charge in [-0.3, -0.25) is 4.79 Å². The summed E-state index contributed by atoms with van der Waals surface area (Å²) in [7, 11) is 0. The lowest BCUT2D eigenvalue weighted by Crippen LogP contribution is -2.20. The predicted octanol–water partition coefficient (Wildman–Crippen LogP) is 1.41. The zero-order valence-corrected chi connectivity index (χ0v) is 7.64. The van der Waals surface area contributed by atoms with Crippen LogP contribution < -0.4 is 16.2 Å². The number of rotatable bonds is 2. The van der Waals surface area contributed by atoms with E-state index >= 15 is 0 Å². The number of ether oxygens (including phenoxy) is 1. The SMILES string of the molecule is NC(=O)c1ccc(OC(F)(F)F)c(F)c1N. The molecule has 1 aromatic rings. The largest absolute Gasteiger partial charge is 0.573 e. The third-order valence-corrected chi connectivity index (χ3v) is 1.64. The highest BCUT2D eigenvalue weighted by Crippen LogP contribution is 2.30. The van der Waals surface area contributed by atoms with Crippen molar-refractivity contribution in [1.29, 1.82) is 0 Å². The Hall–Kier alpha value is -1.99. The number of nitrogens with two attached hydrogens (primary N) is 2. The lowest BCUT2D eigenvalue weighted by molar-refractivity contribution is -0.275. The van der Waals surface area contributed by atoms with E-state index < -0.39 is 35.1 Å². The molecule has 0 heterocycles. The van der Waals surface area contributed by atoms with E-state index in [1.807, 2.05) is 0 Å². The fourth-order valence-electron chi connectivity index (χ4n) is 0.991. The minimum absolute atomic E-state index is 0.410. The molecule has 8 heteroatoms. The molecule has 0 spiro atoms. The highest BCUT2D eigenvalue weighted by atomic mass is 19.4. The molecule has 0 aliphatic rings. The first-order valence-corrected chi connectivity index (χ1v) is 3.86. The van der Waals surface area contributed by atoms with Crippen molar-refractivity contribution in [2.24, 2.45) is 5.73 Å². The van der Waals surface area contributed by atoms with E-state index in [-0.39, 0.29) is 0 Å². The van der Waals surface area contributed by atoms with Crippen molar-refractivity contribution >= 4 is 11.6 Å². The summed E-state index contributed by atoms with van der Waals surface area (Å²) in [5.74, 6) is -3.64. The topological polar surface area (TPSA) is 78.3 Å². The van der Waals surface area contributed by atoms with Crippen LogP contribution in [0.2, 0.25) is 0 Å². The normalized spacial score (nSPS) is 11.2. The van der Waals surface area contributed by atoms with Crippen LogP contribution in [0.15, 0.2) is 12.1 Å². The first-order chi connectivity index (χ1) is 7.22. The van der Waals surface area contributed by atoms with Gasteiger partial charge >= 0.3 is 6.36 Å². The number of carbonyl (C=O) groups is 1. The number of primary amides is 1. The number of hydrogen-bond donors (Lipinski definition) is 2. The van der Waals surface area contributed by atoms with E-state index in [1.54, 1.807) is 0 Å². The molecule has 0 unspecified atom stereocenters. The van der Waals surface area contributed by atoms with Gasteiger partial charge in [-0.05, 0) is 12.1 Å². The Kier molecular flexibility index (Phi) is 2.92. The first kappa shape index (κ1) is 12.1. The molecular weight excluding hydrogens is 232 g/mol. The number of amides is 1. The third kappa shape index (κ3) is 2.53. The molecule has 0 saturated carbocycles. The molecule has 0 fully saturated rings. The van der Waals surface area contributed by atoms with Gasteiger partial charge < -0.3 is 16.2 Å². The Morgan fingerprint density at radius 2 is 1.88 bits per heavy atom. The number of alkyl halides is 3. The molecule has 4 N–H and O–H groups in total. The quantitative estimate of drug-likeness (QED) is 0.603. The molecule has 0 aliphatic heterocycles. The maximum atomic E-state index is 13.2. The van der Waals surface area contributed by atoms with Gasteiger partial charge in [0.15, 0.2) is 11.6 Å². The number of halogens is 4. The lowest BCUT2D eigenvalue weighted by Gasteiger charge is -2.11. The molecule has 0 saturated heterocycles. The number of benzene rings is 1. The van der Waals surface area contributed by atoms with Crippen molar-refractivity contribution in [3.63, 3.8) is 0 Å². The van der Waals surface area contributed by atoms with Crippen molar-refractivity contribution in [3.8, 4) is 5.75 Å². The van der Waals surface area contributed by atoms with E-state index in [2.05, 4.69) is 4.74 Å². The summed E-state index contributed by atoms with van der Waals surface area (Å²) < 4.78 is 51.9. The van der Waals surface area contributed by atoms with Gasteiger partial charge in [-0.2, -0.15) is 0 Å². The molecule has 1 amide bonds. The second kappa shape index (κ2) is 3.87. The second-order valence-corrected chi connectivity index (χ2v) is 2.75. The molecule has 0 aromatic heterocycles. The Morgan fingerprint density at radius 3 is 2.31 bits per heavy atom. The average molecular weight is 238 g/mol. The van der Waals surface area contributed by atoms with Crippen LogP contribution in [0.25, 0.3) is 0 Å². The Balaban J connectivity index is 3.17. The van der Waals surface area contributed by atoms with Crippen molar-refractivity contribution in [3.05, 3.63) is 23.5 Å². The highest BCUT2D eigenvalue weighted by Gasteiger charge is 2.33. The minimum Gasteiger partial charge on any atom is -0.403 e. The second-order valence-electron chi connectivity index (χ2n) is 2.75. The monoisotopic (exact) mass is 238 g/mol. The maximum Gasteiger partial charge on any atom is 0.573 e. The van der Waals surface area contributed by atoms with Crippen molar-refractivity contribution in [1.82, 2.24) is 0 Å². The van der Waals surface area contributed by atoms with E-state index in [0.29, 0.717) is 6.07 Å². The molecule has 1 rings (SSSR count). The van der Waals surface area contributed by atoms with E-state index in [1.165, 1.54) is 0 Å². The van der Waals surface area contributed by atoms with Gasteiger partial charge in [-0.15, -0.1) is 13.2 Å². The molecule has 0 aliphatic carbocycles. The standard InChI is InChI=1S/C8H6F4N2O2/c9-5-4(16-8(10,11)12)2-1-3(6(5)13)7(14)15/h1-2H,13H2,(H2,14,15). The summed E-state index contributed by atoms with van der Waals surface area (Å²) in [5.41, 5.74) is 8.70. The molecule has 88 valence electrons. The molecule has 0 bridgehead atoms. The Morgan fingerprint density at radius 1 is 1.31 bits per heavy atom. The molecule has 0 radical (unpaired) electrons. The molecule has 0 atom stereocenters. The zero-order chi connectivity index (χ0) is 12.5. The summed E-state index contributed by atoms with van der Waals surface area (Å²) in [5, 5.41) is 0. The average Bonchev–Trinajstić information content (AvgIpc) is 2.10. The van der Waals surface area contributed by atoms with E-state index in [0.717, 1.165) is 6.07 Å². The summed E-state index contributed by atoms with van der Waals surface area (Å²) in [6.07, 6.45) is -5.04. The van der Waals surface area contributed by atoms with Gasteiger partial charge in [0.25, 0.3) is 5.91 Å². The number of anilines is 1. The van der Waals surface area contributed by atoms with Crippen LogP contribution in [0.4, 0.5) is 23.2 Å². The van der Waals surface area contributed by atoms with Gasteiger partial charge in [0.2, 0.25) is 0 Å². The van der Waals surface area contributed by atoms with Crippen molar-refractivity contribution in [2.45, 2.75) is 6.36 Å². The van der Waals surface area contributed by atoms with Gasteiger partial charge in [0.1, 0.15) is 0 Å². The lowest BCUT2D eigenvalue weighted by atomic mass is 10.1. The third-order valence-electron chi connectivity index (χ3n) is 1.64. The Labute approximate surface area is 86.8 Å². The fourth-order valence-corrected chi connectivity index (χ4v) is 0.991. The van der Waals surface area contributed by atoms with Gasteiger partial charge in [0, 0.05) is 0 Å². The number of nitrogen functional groups attached to an aromatic ring is 1. The molecule has 16 heavy (non-hydrogen) atoms. The van der Waals surface area contributed by atoms with Gasteiger partial charge in [-0.1, -0.05) is 0 Å². The highest BCUT2D eigenvalue weighted by molar-refractivity contribution is 5.98. The first-order valence-electron chi connectivity index (χ1n) is 3.86. The van der Waals surface area contributed by atoms with E-state index in [4.69, 9.17) is 11.5 Å². The van der Waals surface area contributed by atoms with Crippen LogP contribution >= 0.6 is 0 Å². The van der Waals surface area contributed by atoms with Crippen LogP contribution in [0.3, 0.4) is 0 Å². The zero-order valence-electron chi connectivity index (χ0n) is 7.64. The summed E-state index contributed by atoms with van der Waals surface area (Å²) in [6, 6.07) is 1.47. The van der Waals surface area contributed by atoms with Crippen molar-refractivity contribution < 1.29 is 27.1 Å². The van der Waals surface area contributed by atoms with Crippen molar-refractivity contribution in [2.75, 3.05) is 5.73 Å². The number of carbonyl (C=O) groups excluding carboxylic acids is 1. The van der Waals surface area contributed by atoms with Crippen LogP contribution in [0.5, 0.6) is 5.75 Å². The predicted molar refractivity (Wildman–Crippen MR) is 46.0 cm³/mol. The summed E-state index contributed by atoms with van der Waals surface area (Å²) in [6.45, 7) is 0. The van der Waals surface area contributed by atoms with Crippen LogP contribution in [-0.2, 0) is 0 Å².